The molecule has 11 heavy (non-hydrogen) atoms. The maximum Gasteiger partial charge on any atom is 0.00440 e. The Morgan fingerprint density at radius 3 is 3.18 bits per heavy atom. The van der Waals surface area contributed by atoms with Crippen molar-refractivity contribution in [2.24, 2.45) is 11.8 Å². The van der Waals surface area contributed by atoms with Crippen molar-refractivity contribution in [3.05, 3.63) is 12.2 Å². The normalized spacial score (nSPS) is 38.6. The van der Waals surface area contributed by atoms with E-state index >= 15 is 0 Å². The van der Waals surface area contributed by atoms with E-state index in [4.69, 9.17) is 0 Å². The van der Waals surface area contributed by atoms with Crippen LogP contribution in [0.3, 0.4) is 0 Å². The highest BCUT2D eigenvalue weighted by atomic mass is 15.1. The summed E-state index contributed by atoms with van der Waals surface area (Å²) < 4.78 is 0. The van der Waals surface area contributed by atoms with Gasteiger partial charge in [-0.1, -0.05) is 12.2 Å². The summed E-state index contributed by atoms with van der Waals surface area (Å²) in [6.45, 7) is 2.61. The Hall–Kier alpha value is -0.300. The first-order valence-electron chi connectivity index (χ1n) is 4.71. The molecule has 0 bridgehead atoms. The average molecular weight is 151 g/mol. The summed E-state index contributed by atoms with van der Waals surface area (Å²) in [6.07, 6.45) is 8.98. The van der Waals surface area contributed by atoms with Crippen LogP contribution in [0.15, 0.2) is 12.2 Å². The molecule has 1 unspecified atom stereocenters. The topological polar surface area (TPSA) is 3.24 Å². The highest BCUT2D eigenvalue weighted by Crippen LogP contribution is 2.31. The molecule has 1 aliphatic carbocycles. The average Bonchev–Trinajstić information content (AvgIpc) is 2.04. The van der Waals surface area contributed by atoms with Gasteiger partial charge in [-0.15, -0.1) is 0 Å². The van der Waals surface area contributed by atoms with Crippen molar-refractivity contribution in [3.8, 4) is 0 Å². The van der Waals surface area contributed by atoms with Crippen LogP contribution in [0.4, 0.5) is 0 Å². The summed E-state index contributed by atoms with van der Waals surface area (Å²) in [5.74, 6) is 1.89. The summed E-state index contributed by atoms with van der Waals surface area (Å²) in [5, 5.41) is 0. The number of hydrogen-bond donors (Lipinski definition) is 0. The number of likely N-dealkylation sites (tertiary alicyclic amines) is 1. The summed E-state index contributed by atoms with van der Waals surface area (Å²) in [6, 6.07) is 0. The molecule has 1 saturated heterocycles. The van der Waals surface area contributed by atoms with Crippen LogP contribution in [0.5, 0.6) is 0 Å². The molecular formula is C10H17N. The monoisotopic (exact) mass is 151 g/mol. The first-order valence-corrected chi connectivity index (χ1v) is 4.71. The van der Waals surface area contributed by atoms with Crippen LogP contribution in [-0.2, 0) is 0 Å². The molecule has 0 radical (unpaired) electrons. The zero-order valence-corrected chi connectivity index (χ0v) is 7.29. The van der Waals surface area contributed by atoms with Gasteiger partial charge in [0.1, 0.15) is 0 Å². The lowest BCUT2D eigenvalue weighted by atomic mass is 9.79. The number of hydrogen-bond acceptors (Lipinski definition) is 1. The maximum absolute atomic E-state index is 2.46. The van der Waals surface area contributed by atoms with Crippen LogP contribution >= 0.6 is 0 Å². The molecule has 0 N–H and O–H groups in total. The second-order valence-corrected chi connectivity index (χ2v) is 3.98. The molecule has 62 valence electrons. The summed E-state index contributed by atoms with van der Waals surface area (Å²) in [7, 11) is 2.23. The SMILES string of the molecule is CN1CC[C@@H]2CCC=CC2C1. The van der Waals surface area contributed by atoms with Crippen molar-refractivity contribution >= 4 is 0 Å². The van der Waals surface area contributed by atoms with E-state index in [1.807, 2.05) is 0 Å². The summed E-state index contributed by atoms with van der Waals surface area (Å²) >= 11 is 0. The van der Waals surface area contributed by atoms with Gasteiger partial charge in [-0.05, 0) is 44.7 Å². The highest BCUT2D eigenvalue weighted by molar-refractivity contribution is 4.99. The summed E-state index contributed by atoms with van der Waals surface area (Å²) in [4.78, 5) is 2.46. The second kappa shape index (κ2) is 2.98. The van der Waals surface area contributed by atoms with Gasteiger partial charge in [-0.2, -0.15) is 0 Å². The quantitative estimate of drug-likeness (QED) is 0.478. The van der Waals surface area contributed by atoms with Gasteiger partial charge in [0.15, 0.2) is 0 Å². The van der Waals surface area contributed by atoms with Gasteiger partial charge in [-0.3, -0.25) is 0 Å². The Labute approximate surface area is 69.1 Å². The number of allylic oxidation sites excluding steroid dienone is 1. The van der Waals surface area contributed by atoms with Gasteiger partial charge in [0.25, 0.3) is 0 Å². The van der Waals surface area contributed by atoms with Gasteiger partial charge >= 0.3 is 0 Å². The molecule has 0 aromatic heterocycles. The van der Waals surface area contributed by atoms with Crippen LogP contribution in [0.1, 0.15) is 19.3 Å². The van der Waals surface area contributed by atoms with Gasteiger partial charge in [0.05, 0.1) is 0 Å². The van der Waals surface area contributed by atoms with E-state index in [9.17, 15) is 0 Å². The minimum atomic E-state index is 0.877. The highest BCUT2D eigenvalue weighted by Gasteiger charge is 2.26. The van der Waals surface area contributed by atoms with E-state index in [1.165, 1.54) is 32.4 Å². The molecule has 2 rings (SSSR count). The molecule has 0 saturated carbocycles. The first kappa shape index (κ1) is 7.35. The second-order valence-electron chi connectivity index (χ2n) is 3.98. The van der Waals surface area contributed by atoms with Crippen LogP contribution in [-0.4, -0.2) is 25.0 Å². The standard InChI is InChI=1S/C10H17N/c1-11-7-6-9-4-2-3-5-10(9)8-11/h3,5,9-10H,2,4,6-8H2,1H3/t9-,10?/m0/s1. The third kappa shape index (κ3) is 1.48. The predicted octanol–water partition coefficient (Wildman–Crippen LogP) is 1.90. The lowest BCUT2D eigenvalue weighted by molar-refractivity contribution is 0.161. The lowest BCUT2D eigenvalue weighted by Crippen LogP contribution is -2.37. The number of nitrogens with zero attached hydrogens (tertiary/aromatic N) is 1. The van der Waals surface area contributed by atoms with E-state index in [-0.39, 0.29) is 0 Å². The van der Waals surface area contributed by atoms with Crippen LogP contribution in [0.2, 0.25) is 0 Å². The van der Waals surface area contributed by atoms with E-state index in [1.54, 1.807) is 0 Å². The van der Waals surface area contributed by atoms with Crippen LogP contribution in [0, 0.1) is 11.8 Å². The Bertz CT molecular complexity index is 162. The van der Waals surface area contributed by atoms with Crippen molar-refractivity contribution < 1.29 is 0 Å². The van der Waals surface area contributed by atoms with Gasteiger partial charge in [0, 0.05) is 6.54 Å². The molecule has 2 atom stereocenters. The largest absolute Gasteiger partial charge is 0.306 e. The molecule has 1 fully saturated rings. The Morgan fingerprint density at radius 1 is 1.36 bits per heavy atom. The molecular weight excluding hydrogens is 134 g/mol. The molecule has 0 aromatic carbocycles. The van der Waals surface area contributed by atoms with Crippen molar-refractivity contribution in [1.29, 1.82) is 0 Å². The first-order chi connectivity index (χ1) is 5.36. The smallest absolute Gasteiger partial charge is 0.00440 e. The van der Waals surface area contributed by atoms with Gasteiger partial charge in [-0.25, -0.2) is 0 Å². The molecule has 1 aliphatic heterocycles. The van der Waals surface area contributed by atoms with E-state index in [0.717, 1.165) is 11.8 Å². The van der Waals surface area contributed by atoms with Gasteiger partial charge < -0.3 is 4.90 Å². The van der Waals surface area contributed by atoms with Crippen molar-refractivity contribution in [1.82, 2.24) is 4.90 Å². The Morgan fingerprint density at radius 2 is 2.27 bits per heavy atom. The molecule has 1 heterocycles. The molecule has 1 heteroatoms. The lowest BCUT2D eigenvalue weighted by Gasteiger charge is -2.37. The third-order valence-electron chi connectivity index (χ3n) is 3.10. The fraction of sp³-hybridized carbons (Fsp3) is 0.800. The Kier molecular flexibility index (Phi) is 1.99. The fourth-order valence-electron chi connectivity index (χ4n) is 2.36. The molecule has 0 amide bonds. The molecule has 0 spiro atoms. The van der Waals surface area contributed by atoms with Crippen molar-refractivity contribution in [2.45, 2.75) is 19.3 Å². The zero-order chi connectivity index (χ0) is 7.68. The minimum absolute atomic E-state index is 0.877. The maximum atomic E-state index is 2.46. The number of fused-ring (bicyclic) bond motifs is 1. The zero-order valence-electron chi connectivity index (χ0n) is 7.29. The molecule has 1 nitrogen and oxygen atoms in total. The third-order valence-corrected chi connectivity index (χ3v) is 3.10. The van der Waals surface area contributed by atoms with E-state index in [0.29, 0.717) is 0 Å². The van der Waals surface area contributed by atoms with E-state index in [2.05, 4.69) is 24.1 Å². The van der Waals surface area contributed by atoms with Crippen molar-refractivity contribution in [3.63, 3.8) is 0 Å². The van der Waals surface area contributed by atoms with E-state index < -0.39 is 0 Å². The van der Waals surface area contributed by atoms with Crippen molar-refractivity contribution in [2.75, 3.05) is 20.1 Å². The summed E-state index contributed by atoms with van der Waals surface area (Å²) in [5.41, 5.74) is 0. The molecule has 0 aromatic rings. The minimum Gasteiger partial charge on any atom is -0.306 e. The number of rotatable bonds is 0. The predicted molar refractivity (Wildman–Crippen MR) is 47.5 cm³/mol. The van der Waals surface area contributed by atoms with Gasteiger partial charge in [0.2, 0.25) is 0 Å². The molecule has 2 aliphatic rings. The Balaban J connectivity index is 2.03. The van der Waals surface area contributed by atoms with Crippen LogP contribution in [0.25, 0.3) is 0 Å². The fourth-order valence-corrected chi connectivity index (χ4v) is 2.36. The number of piperidine rings is 1. The van der Waals surface area contributed by atoms with Crippen LogP contribution < -0.4 is 0 Å².